The molecule has 2 aromatic rings. The van der Waals surface area contributed by atoms with Crippen LogP contribution in [0.15, 0.2) is 36.5 Å². The van der Waals surface area contributed by atoms with E-state index in [9.17, 15) is 22.4 Å². The van der Waals surface area contributed by atoms with Crippen molar-refractivity contribution in [2.24, 2.45) is 5.73 Å². The monoisotopic (exact) mass is 312 g/mol. The molecular weight excluding hydrogens is 300 g/mol. The smallest absolute Gasteiger partial charge is 0.366 e. The lowest BCUT2D eigenvalue weighted by Crippen LogP contribution is -2.19. The number of aromatic nitrogens is 1. The molecule has 22 heavy (non-hydrogen) atoms. The molecule has 0 aliphatic rings. The SMILES string of the molecule is C[C@@H](c1ccc(F)cc1)c1ncc(C(F)(F)F)cc1C(N)=O. The van der Waals surface area contributed by atoms with Gasteiger partial charge in [0.15, 0.2) is 0 Å². The highest BCUT2D eigenvalue weighted by atomic mass is 19.4. The molecule has 0 bridgehead atoms. The minimum absolute atomic E-state index is 0.118. The quantitative estimate of drug-likeness (QED) is 0.882. The lowest BCUT2D eigenvalue weighted by Gasteiger charge is -2.16. The van der Waals surface area contributed by atoms with Gasteiger partial charge in [0, 0.05) is 12.1 Å². The fourth-order valence-corrected chi connectivity index (χ4v) is 2.08. The second-order valence-electron chi connectivity index (χ2n) is 4.79. The van der Waals surface area contributed by atoms with Crippen LogP contribution in [0.5, 0.6) is 0 Å². The largest absolute Gasteiger partial charge is 0.417 e. The second kappa shape index (κ2) is 5.75. The van der Waals surface area contributed by atoms with E-state index in [0.717, 1.165) is 0 Å². The van der Waals surface area contributed by atoms with Crippen molar-refractivity contribution in [2.75, 3.05) is 0 Å². The van der Waals surface area contributed by atoms with Crippen molar-refractivity contribution in [3.8, 4) is 0 Å². The molecule has 1 amide bonds. The molecule has 0 saturated heterocycles. The van der Waals surface area contributed by atoms with Gasteiger partial charge in [-0.15, -0.1) is 0 Å². The van der Waals surface area contributed by atoms with Crippen molar-refractivity contribution in [3.63, 3.8) is 0 Å². The number of hydrogen-bond donors (Lipinski definition) is 1. The number of halogens is 4. The highest BCUT2D eigenvalue weighted by Crippen LogP contribution is 2.32. The van der Waals surface area contributed by atoms with Gasteiger partial charge in [-0.2, -0.15) is 13.2 Å². The van der Waals surface area contributed by atoms with Crippen molar-refractivity contribution in [2.45, 2.75) is 19.0 Å². The molecule has 0 aliphatic heterocycles. The van der Waals surface area contributed by atoms with Crippen LogP contribution in [0.1, 0.15) is 40.0 Å². The number of benzene rings is 1. The van der Waals surface area contributed by atoms with Gasteiger partial charge < -0.3 is 5.73 Å². The van der Waals surface area contributed by atoms with Gasteiger partial charge in [-0.05, 0) is 23.8 Å². The summed E-state index contributed by atoms with van der Waals surface area (Å²) in [6.07, 6.45) is -3.96. The Labute approximate surface area is 123 Å². The summed E-state index contributed by atoms with van der Waals surface area (Å²) >= 11 is 0. The van der Waals surface area contributed by atoms with Crippen LogP contribution in [-0.4, -0.2) is 10.9 Å². The third-order valence-electron chi connectivity index (χ3n) is 3.29. The number of amides is 1. The molecule has 1 aromatic heterocycles. The summed E-state index contributed by atoms with van der Waals surface area (Å²) in [6.45, 7) is 1.65. The van der Waals surface area contributed by atoms with Crippen LogP contribution in [0.25, 0.3) is 0 Å². The van der Waals surface area contributed by atoms with Crippen molar-refractivity contribution in [3.05, 3.63) is 64.7 Å². The third kappa shape index (κ3) is 3.24. The molecule has 2 N–H and O–H groups in total. The Morgan fingerprint density at radius 3 is 2.32 bits per heavy atom. The number of carbonyl (C=O) groups is 1. The molecule has 116 valence electrons. The molecule has 1 heterocycles. The highest BCUT2D eigenvalue weighted by Gasteiger charge is 2.33. The van der Waals surface area contributed by atoms with Gasteiger partial charge in [0.25, 0.3) is 5.91 Å². The second-order valence-corrected chi connectivity index (χ2v) is 4.79. The fraction of sp³-hybridized carbons (Fsp3) is 0.200. The number of carbonyl (C=O) groups excluding carboxylic acids is 1. The summed E-state index contributed by atoms with van der Waals surface area (Å²) in [5.74, 6) is -1.95. The summed E-state index contributed by atoms with van der Waals surface area (Å²) in [4.78, 5) is 15.2. The summed E-state index contributed by atoms with van der Waals surface area (Å²) in [5, 5.41) is 0. The fourth-order valence-electron chi connectivity index (χ4n) is 2.08. The standard InChI is InChI=1S/C15H12F4N2O/c1-8(9-2-4-11(16)5-3-9)13-12(14(20)22)6-10(7-21-13)15(17,18)19/h2-8H,1H3,(H2,20,22)/t8-/m0/s1. The van der Waals surface area contributed by atoms with Gasteiger partial charge in [0.05, 0.1) is 16.8 Å². The zero-order valence-electron chi connectivity index (χ0n) is 11.5. The maximum atomic E-state index is 12.9. The average molecular weight is 312 g/mol. The van der Waals surface area contributed by atoms with E-state index >= 15 is 0 Å². The lowest BCUT2D eigenvalue weighted by molar-refractivity contribution is -0.137. The lowest BCUT2D eigenvalue weighted by atomic mass is 9.93. The molecule has 1 aromatic carbocycles. The van der Waals surface area contributed by atoms with Crippen molar-refractivity contribution < 1.29 is 22.4 Å². The molecule has 7 heteroatoms. The predicted molar refractivity (Wildman–Crippen MR) is 71.7 cm³/mol. The van der Waals surface area contributed by atoms with Crippen LogP contribution in [0.4, 0.5) is 17.6 Å². The summed E-state index contributed by atoms with van der Waals surface area (Å²) in [6, 6.07) is 6.08. The first-order valence-corrected chi connectivity index (χ1v) is 6.32. The molecule has 0 fully saturated rings. The van der Waals surface area contributed by atoms with E-state index in [4.69, 9.17) is 5.73 Å². The van der Waals surface area contributed by atoms with E-state index in [-0.39, 0.29) is 11.3 Å². The number of rotatable bonds is 3. The number of hydrogen-bond acceptors (Lipinski definition) is 2. The number of nitrogens with zero attached hydrogens (tertiary/aromatic N) is 1. The normalized spacial score (nSPS) is 13.0. The Kier molecular flexibility index (Phi) is 4.16. The van der Waals surface area contributed by atoms with Crippen LogP contribution in [0.3, 0.4) is 0 Å². The molecule has 0 aliphatic carbocycles. The van der Waals surface area contributed by atoms with E-state index in [1.807, 2.05) is 0 Å². The van der Waals surface area contributed by atoms with E-state index in [0.29, 0.717) is 17.8 Å². The minimum atomic E-state index is -4.62. The minimum Gasteiger partial charge on any atom is -0.366 e. The van der Waals surface area contributed by atoms with E-state index < -0.39 is 29.4 Å². The van der Waals surface area contributed by atoms with Gasteiger partial charge in [-0.25, -0.2) is 4.39 Å². The first-order chi connectivity index (χ1) is 10.2. The van der Waals surface area contributed by atoms with E-state index in [2.05, 4.69) is 4.98 Å². The van der Waals surface area contributed by atoms with Gasteiger partial charge >= 0.3 is 6.18 Å². The first kappa shape index (κ1) is 15.9. The summed E-state index contributed by atoms with van der Waals surface area (Å²) < 4.78 is 51.0. The maximum Gasteiger partial charge on any atom is 0.417 e. The third-order valence-corrected chi connectivity index (χ3v) is 3.29. The Morgan fingerprint density at radius 1 is 1.23 bits per heavy atom. The average Bonchev–Trinajstić information content (AvgIpc) is 2.45. The van der Waals surface area contributed by atoms with Crippen LogP contribution in [0.2, 0.25) is 0 Å². The first-order valence-electron chi connectivity index (χ1n) is 6.32. The van der Waals surface area contributed by atoms with Crippen LogP contribution < -0.4 is 5.73 Å². The number of alkyl halides is 3. The molecule has 0 unspecified atom stereocenters. The Balaban J connectivity index is 2.50. The highest BCUT2D eigenvalue weighted by molar-refractivity contribution is 5.94. The molecule has 2 rings (SSSR count). The molecule has 0 spiro atoms. The summed E-state index contributed by atoms with van der Waals surface area (Å²) in [5.41, 5.74) is 4.54. The zero-order chi connectivity index (χ0) is 16.5. The van der Waals surface area contributed by atoms with Gasteiger partial charge in [0.1, 0.15) is 5.82 Å². The molecule has 1 atom stereocenters. The number of primary amides is 1. The zero-order valence-corrected chi connectivity index (χ0v) is 11.5. The molecule has 0 saturated carbocycles. The molecule has 3 nitrogen and oxygen atoms in total. The van der Waals surface area contributed by atoms with Gasteiger partial charge in [0.2, 0.25) is 0 Å². The van der Waals surface area contributed by atoms with Crippen LogP contribution >= 0.6 is 0 Å². The Bertz CT molecular complexity index is 696. The molecule has 0 radical (unpaired) electrons. The van der Waals surface area contributed by atoms with Crippen molar-refractivity contribution >= 4 is 5.91 Å². The molecular formula is C15H12F4N2O. The van der Waals surface area contributed by atoms with E-state index in [1.165, 1.54) is 24.3 Å². The number of pyridine rings is 1. The number of nitrogens with two attached hydrogens (primary N) is 1. The van der Waals surface area contributed by atoms with Crippen molar-refractivity contribution in [1.82, 2.24) is 4.98 Å². The Hall–Kier alpha value is -2.44. The van der Waals surface area contributed by atoms with Gasteiger partial charge in [-0.1, -0.05) is 19.1 Å². The van der Waals surface area contributed by atoms with E-state index in [1.54, 1.807) is 6.92 Å². The van der Waals surface area contributed by atoms with Crippen molar-refractivity contribution in [1.29, 1.82) is 0 Å². The Morgan fingerprint density at radius 2 is 1.82 bits per heavy atom. The predicted octanol–water partition coefficient (Wildman–Crippen LogP) is 3.49. The topological polar surface area (TPSA) is 56.0 Å². The maximum absolute atomic E-state index is 12.9. The van der Waals surface area contributed by atoms with Crippen LogP contribution in [-0.2, 0) is 6.18 Å². The van der Waals surface area contributed by atoms with Crippen LogP contribution in [0, 0.1) is 5.82 Å². The summed E-state index contributed by atoms with van der Waals surface area (Å²) in [7, 11) is 0. The van der Waals surface area contributed by atoms with Gasteiger partial charge in [-0.3, -0.25) is 9.78 Å².